The van der Waals surface area contributed by atoms with Crippen LogP contribution < -0.4 is 11.1 Å². The first-order valence-corrected chi connectivity index (χ1v) is 20.7. The fourth-order valence-corrected chi connectivity index (χ4v) is 9.20. The van der Waals surface area contributed by atoms with Gasteiger partial charge in [-0.25, -0.2) is 14.8 Å². The maximum atomic E-state index is 13.7. The van der Waals surface area contributed by atoms with Crippen molar-refractivity contribution in [1.82, 2.24) is 35.1 Å². The molecule has 2 aliphatic heterocycles. The van der Waals surface area contributed by atoms with Gasteiger partial charge in [-0.1, -0.05) is 86.6 Å². The molecule has 2 aromatic heterocycles. The zero-order valence-electron chi connectivity index (χ0n) is 33.7. The Bertz CT molecular complexity index is 2540. The summed E-state index contributed by atoms with van der Waals surface area (Å²) in [7, 11) is 1.31. The number of aromatic amines is 2. The van der Waals surface area contributed by atoms with Gasteiger partial charge in [0.2, 0.25) is 11.8 Å². The Morgan fingerprint density at radius 3 is 2.19 bits per heavy atom. The first-order valence-electron chi connectivity index (χ1n) is 20.7. The Morgan fingerprint density at radius 1 is 0.797 bits per heavy atom. The molecule has 4 atom stereocenters. The number of aromatic nitrogens is 4. The van der Waals surface area contributed by atoms with Crippen LogP contribution in [0, 0.1) is 5.92 Å². The standard InChI is InChI=1S/C47H50N8O4/c1-27(2)41(53-47(58)59-3)46(57)55-22-8-12-39(55)44-50-36-20-18-33-24-32(17-19-35(33)42(36)52-44)29-13-14-31-25-34(16-15-30(31)23-29)37-26-49-43(51-37)38-11-7-21-54(38)45(56)40(48)28-9-5-4-6-10-28/h4-6,9-10,13-17,19,23-27,38-41H,7-8,11-12,18,20-22,48H2,1-3H3,(H,49,51)(H,50,52)(H,53,58). The predicted octanol–water partition coefficient (Wildman–Crippen LogP) is 7.79. The summed E-state index contributed by atoms with van der Waals surface area (Å²) in [6.07, 6.45) is 6.41. The number of carbonyl (C=O) groups is 3. The predicted molar refractivity (Wildman–Crippen MR) is 227 cm³/mol. The molecular weight excluding hydrogens is 741 g/mol. The van der Waals surface area contributed by atoms with Crippen molar-refractivity contribution in [3.63, 3.8) is 0 Å². The normalized spacial score (nSPS) is 18.5. The van der Waals surface area contributed by atoms with Gasteiger partial charge >= 0.3 is 6.09 Å². The van der Waals surface area contributed by atoms with E-state index in [0.29, 0.717) is 13.1 Å². The lowest BCUT2D eigenvalue weighted by Gasteiger charge is -2.30. The minimum Gasteiger partial charge on any atom is -0.453 e. The van der Waals surface area contributed by atoms with Crippen LogP contribution >= 0.6 is 0 Å². The van der Waals surface area contributed by atoms with E-state index in [1.165, 1.54) is 12.7 Å². The van der Waals surface area contributed by atoms with Crippen LogP contribution in [0.2, 0.25) is 0 Å². The van der Waals surface area contributed by atoms with E-state index in [0.717, 1.165) is 106 Å². The fourth-order valence-electron chi connectivity index (χ4n) is 9.20. The van der Waals surface area contributed by atoms with Gasteiger partial charge < -0.3 is 35.6 Å². The number of nitrogens with one attached hydrogen (secondary N) is 3. The highest BCUT2D eigenvalue weighted by molar-refractivity contribution is 5.91. The number of aryl methyl sites for hydroxylation is 2. The molecule has 5 N–H and O–H groups in total. The largest absolute Gasteiger partial charge is 0.453 e. The maximum absolute atomic E-state index is 13.7. The molecule has 3 aliphatic rings. The maximum Gasteiger partial charge on any atom is 0.407 e. The summed E-state index contributed by atoms with van der Waals surface area (Å²) in [5, 5.41) is 5.00. The highest BCUT2D eigenvalue weighted by Gasteiger charge is 2.39. The molecule has 2 saturated heterocycles. The molecule has 12 heteroatoms. The van der Waals surface area contributed by atoms with Crippen molar-refractivity contribution < 1.29 is 19.1 Å². The topological polar surface area (TPSA) is 162 Å². The quantitative estimate of drug-likeness (QED) is 0.116. The van der Waals surface area contributed by atoms with Crippen molar-refractivity contribution in [2.75, 3.05) is 20.2 Å². The van der Waals surface area contributed by atoms with Crippen LogP contribution in [-0.2, 0) is 27.2 Å². The lowest BCUT2D eigenvalue weighted by atomic mass is 9.89. The number of nitrogens with two attached hydrogens (primary N) is 1. The summed E-state index contributed by atoms with van der Waals surface area (Å²) < 4.78 is 4.80. The second-order valence-corrected chi connectivity index (χ2v) is 16.4. The number of imidazole rings is 2. The molecule has 4 heterocycles. The van der Waals surface area contributed by atoms with Crippen LogP contribution in [0.4, 0.5) is 4.79 Å². The number of hydrogen-bond donors (Lipinski definition) is 4. The Labute approximate surface area is 343 Å². The van der Waals surface area contributed by atoms with Crippen molar-refractivity contribution in [3.8, 4) is 33.6 Å². The number of carbonyl (C=O) groups excluding carboxylic acids is 3. The highest BCUT2D eigenvalue weighted by atomic mass is 16.5. The van der Waals surface area contributed by atoms with Gasteiger partial charge in [-0.05, 0) is 89.6 Å². The number of likely N-dealkylation sites (tertiary alicyclic amines) is 2. The van der Waals surface area contributed by atoms with E-state index in [9.17, 15) is 14.4 Å². The smallest absolute Gasteiger partial charge is 0.407 e. The average Bonchev–Trinajstić information content (AvgIpc) is 4.11. The number of ether oxygens (including phenoxy) is 1. The molecule has 2 fully saturated rings. The summed E-state index contributed by atoms with van der Waals surface area (Å²) in [5.41, 5.74) is 15.9. The average molecular weight is 791 g/mol. The van der Waals surface area contributed by atoms with Crippen molar-refractivity contribution >= 4 is 28.7 Å². The van der Waals surface area contributed by atoms with Crippen molar-refractivity contribution in [3.05, 3.63) is 120 Å². The van der Waals surface area contributed by atoms with Gasteiger partial charge in [0, 0.05) is 29.9 Å². The number of alkyl carbamates (subject to hydrolysis) is 1. The van der Waals surface area contributed by atoms with Gasteiger partial charge in [0.25, 0.3) is 0 Å². The number of benzene rings is 4. The molecule has 9 rings (SSSR count). The van der Waals surface area contributed by atoms with Crippen LogP contribution in [0.3, 0.4) is 0 Å². The van der Waals surface area contributed by atoms with Gasteiger partial charge in [-0.2, -0.15) is 0 Å². The van der Waals surface area contributed by atoms with Crippen molar-refractivity contribution in [1.29, 1.82) is 0 Å². The Kier molecular flexibility index (Phi) is 10.3. The molecular formula is C47H50N8O4. The third-order valence-electron chi connectivity index (χ3n) is 12.4. The number of nitrogens with zero attached hydrogens (tertiary/aromatic N) is 4. The fraction of sp³-hybridized carbons (Fsp3) is 0.340. The Morgan fingerprint density at radius 2 is 1.46 bits per heavy atom. The monoisotopic (exact) mass is 790 g/mol. The molecule has 0 spiro atoms. The van der Waals surface area contributed by atoms with E-state index in [1.807, 2.05) is 60.2 Å². The summed E-state index contributed by atoms with van der Waals surface area (Å²) in [5.74, 6) is 1.31. The molecule has 4 aromatic carbocycles. The Hall–Kier alpha value is -6.27. The lowest BCUT2D eigenvalue weighted by molar-refractivity contribution is -0.135. The summed E-state index contributed by atoms with van der Waals surface area (Å²) in [6.45, 7) is 5.13. The van der Waals surface area contributed by atoms with E-state index in [1.54, 1.807) is 0 Å². The molecule has 4 unspecified atom stereocenters. The molecule has 6 aromatic rings. The first-order chi connectivity index (χ1) is 28.7. The van der Waals surface area contributed by atoms with E-state index >= 15 is 0 Å². The Balaban J connectivity index is 0.907. The minimum atomic E-state index is -0.702. The van der Waals surface area contributed by atoms with Gasteiger partial charge in [-0.3, -0.25) is 9.59 Å². The molecule has 0 radical (unpaired) electrons. The van der Waals surface area contributed by atoms with Crippen LogP contribution in [-0.4, -0.2) is 73.9 Å². The van der Waals surface area contributed by atoms with Crippen LogP contribution in [0.1, 0.15) is 86.1 Å². The molecule has 12 nitrogen and oxygen atoms in total. The van der Waals surface area contributed by atoms with Crippen molar-refractivity contribution in [2.45, 2.75) is 76.5 Å². The summed E-state index contributed by atoms with van der Waals surface area (Å²) >= 11 is 0. The zero-order chi connectivity index (χ0) is 40.8. The number of methoxy groups -OCH3 is 1. The number of amides is 3. The van der Waals surface area contributed by atoms with E-state index in [-0.39, 0.29) is 29.8 Å². The van der Waals surface area contributed by atoms with E-state index < -0.39 is 18.2 Å². The van der Waals surface area contributed by atoms with E-state index in [4.69, 9.17) is 20.4 Å². The van der Waals surface area contributed by atoms with Crippen LogP contribution in [0.25, 0.3) is 44.4 Å². The SMILES string of the molecule is COC(=O)NC(C(=O)N1CCCC1c1nc2c([nH]1)CCc1cc(-c3ccc4cc(-c5cnc(C6CCCN6C(=O)C(N)c6ccccc6)[nH]5)ccc4c3)ccc1-2)C(C)C. The second kappa shape index (κ2) is 15.8. The highest BCUT2D eigenvalue weighted by Crippen LogP contribution is 2.40. The van der Waals surface area contributed by atoms with Crippen LogP contribution in [0.5, 0.6) is 0 Å². The van der Waals surface area contributed by atoms with E-state index in [2.05, 4.69) is 69.9 Å². The summed E-state index contributed by atoms with van der Waals surface area (Å²) in [4.78, 5) is 60.0. The minimum absolute atomic E-state index is 0.0778. The molecule has 3 amide bonds. The van der Waals surface area contributed by atoms with Gasteiger partial charge in [0.15, 0.2) is 0 Å². The third kappa shape index (κ3) is 7.26. The van der Waals surface area contributed by atoms with Gasteiger partial charge in [0.1, 0.15) is 23.7 Å². The molecule has 0 bridgehead atoms. The number of H-pyrrole nitrogens is 2. The first kappa shape index (κ1) is 38.3. The number of hydrogen-bond acceptors (Lipinski definition) is 7. The third-order valence-corrected chi connectivity index (χ3v) is 12.4. The summed E-state index contributed by atoms with van der Waals surface area (Å²) in [6, 6.07) is 27.5. The second-order valence-electron chi connectivity index (χ2n) is 16.4. The number of fused-ring (bicyclic) bond motifs is 4. The molecule has 302 valence electrons. The number of rotatable bonds is 9. The zero-order valence-corrected chi connectivity index (χ0v) is 33.7. The van der Waals surface area contributed by atoms with Gasteiger partial charge in [0.05, 0.1) is 36.8 Å². The van der Waals surface area contributed by atoms with Gasteiger partial charge in [-0.15, -0.1) is 0 Å². The lowest BCUT2D eigenvalue weighted by Crippen LogP contribution is -2.51. The van der Waals surface area contributed by atoms with Crippen LogP contribution in [0.15, 0.2) is 91.1 Å². The van der Waals surface area contributed by atoms with Crippen molar-refractivity contribution in [2.24, 2.45) is 11.7 Å². The molecule has 0 saturated carbocycles. The molecule has 1 aliphatic carbocycles. The molecule has 59 heavy (non-hydrogen) atoms.